The smallest absolute Gasteiger partial charge is 0.179 e. The molecule has 2 unspecified atom stereocenters. The van der Waals surface area contributed by atoms with Crippen LogP contribution in [0.3, 0.4) is 0 Å². The normalized spacial score (nSPS) is 20.7. The fourth-order valence-corrected chi connectivity index (χ4v) is 2.32. The van der Waals surface area contributed by atoms with Gasteiger partial charge in [0.15, 0.2) is 5.78 Å². The van der Waals surface area contributed by atoms with Gasteiger partial charge in [0.25, 0.3) is 0 Å². The van der Waals surface area contributed by atoms with Gasteiger partial charge in [0.1, 0.15) is 5.82 Å². The van der Waals surface area contributed by atoms with Gasteiger partial charge in [-0.05, 0) is 51.1 Å². The minimum absolute atomic E-state index is 0.0143. The molecular weight excluding hydrogens is 245 g/mol. The van der Waals surface area contributed by atoms with Crippen LogP contribution in [0.4, 0.5) is 4.39 Å². The van der Waals surface area contributed by atoms with Crippen LogP contribution in [-0.2, 0) is 4.74 Å². The molecule has 19 heavy (non-hydrogen) atoms. The van der Waals surface area contributed by atoms with Crippen molar-refractivity contribution >= 4 is 5.78 Å². The molecule has 1 saturated heterocycles. The zero-order valence-corrected chi connectivity index (χ0v) is 11.4. The molecule has 0 bridgehead atoms. The van der Waals surface area contributed by atoms with E-state index in [-0.39, 0.29) is 23.7 Å². The standard InChI is InChI=1S/C15H20FNO2/c1-11(17(2)10-14-4-3-9-19-14)15(18)12-5-7-13(16)8-6-12/h5-8,11,14H,3-4,9-10H2,1-2H3. The van der Waals surface area contributed by atoms with E-state index in [2.05, 4.69) is 0 Å². The summed E-state index contributed by atoms with van der Waals surface area (Å²) < 4.78 is 18.4. The summed E-state index contributed by atoms with van der Waals surface area (Å²) in [6, 6.07) is 5.48. The first-order chi connectivity index (χ1) is 9.08. The maximum atomic E-state index is 12.8. The Balaban J connectivity index is 1.95. The van der Waals surface area contributed by atoms with Crippen molar-refractivity contribution in [1.29, 1.82) is 0 Å². The van der Waals surface area contributed by atoms with Crippen molar-refractivity contribution < 1.29 is 13.9 Å². The molecule has 0 amide bonds. The lowest BCUT2D eigenvalue weighted by molar-refractivity contribution is 0.0620. The van der Waals surface area contributed by atoms with Gasteiger partial charge >= 0.3 is 0 Å². The van der Waals surface area contributed by atoms with Crippen molar-refractivity contribution in [2.75, 3.05) is 20.2 Å². The number of carbonyl (C=O) groups is 1. The van der Waals surface area contributed by atoms with Gasteiger partial charge < -0.3 is 4.74 Å². The number of nitrogens with zero attached hydrogens (tertiary/aromatic N) is 1. The predicted molar refractivity (Wildman–Crippen MR) is 71.8 cm³/mol. The minimum atomic E-state index is -0.322. The van der Waals surface area contributed by atoms with Gasteiger partial charge in [-0.2, -0.15) is 0 Å². The van der Waals surface area contributed by atoms with Gasteiger partial charge in [-0.1, -0.05) is 0 Å². The number of halogens is 1. The maximum Gasteiger partial charge on any atom is 0.179 e. The molecule has 0 radical (unpaired) electrons. The van der Waals surface area contributed by atoms with Crippen LogP contribution in [0.5, 0.6) is 0 Å². The van der Waals surface area contributed by atoms with Crippen molar-refractivity contribution in [2.24, 2.45) is 0 Å². The van der Waals surface area contributed by atoms with Gasteiger partial charge in [0.2, 0.25) is 0 Å². The summed E-state index contributed by atoms with van der Waals surface area (Å²) in [5.74, 6) is -0.308. The van der Waals surface area contributed by atoms with Crippen LogP contribution in [-0.4, -0.2) is 43.0 Å². The molecule has 2 rings (SSSR count). The first-order valence-corrected chi connectivity index (χ1v) is 6.69. The molecule has 0 aliphatic carbocycles. The zero-order chi connectivity index (χ0) is 13.8. The summed E-state index contributed by atoms with van der Waals surface area (Å²) in [5.41, 5.74) is 0.549. The van der Waals surface area contributed by atoms with Crippen LogP contribution in [0.1, 0.15) is 30.1 Å². The second-order valence-electron chi connectivity index (χ2n) is 5.12. The lowest BCUT2D eigenvalue weighted by Crippen LogP contribution is -2.40. The molecule has 1 fully saturated rings. The second kappa shape index (κ2) is 6.26. The molecule has 0 N–H and O–H groups in total. The molecule has 4 heteroatoms. The highest BCUT2D eigenvalue weighted by atomic mass is 19.1. The Bertz CT molecular complexity index is 426. The number of ketones is 1. The molecule has 0 saturated carbocycles. The molecule has 104 valence electrons. The molecule has 2 atom stereocenters. The Morgan fingerprint density at radius 1 is 1.47 bits per heavy atom. The summed E-state index contributed by atoms with van der Waals surface area (Å²) in [6.07, 6.45) is 2.38. The molecule has 3 nitrogen and oxygen atoms in total. The van der Waals surface area contributed by atoms with E-state index in [9.17, 15) is 9.18 Å². The van der Waals surface area contributed by atoms with Crippen LogP contribution in [0, 0.1) is 5.82 Å². The van der Waals surface area contributed by atoms with E-state index in [4.69, 9.17) is 4.74 Å². The number of likely N-dealkylation sites (N-methyl/N-ethyl adjacent to an activating group) is 1. The molecule has 1 aliphatic rings. The quantitative estimate of drug-likeness (QED) is 0.766. The Hall–Kier alpha value is -1.26. The lowest BCUT2D eigenvalue weighted by Gasteiger charge is -2.26. The van der Waals surface area contributed by atoms with Crippen LogP contribution >= 0.6 is 0 Å². The van der Waals surface area contributed by atoms with Gasteiger partial charge in [-0.15, -0.1) is 0 Å². The number of carbonyl (C=O) groups excluding carboxylic acids is 1. The van der Waals surface area contributed by atoms with E-state index in [0.29, 0.717) is 5.56 Å². The average Bonchev–Trinajstić information content (AvgIpc) is 2.90. The van der Waals surface area contributed by atoms with Crippen molar-refractivity contribution in [1.82, 2.24) is 4.90 Å². The molecule has 1 aromatic carbocycles. The van der Waals surface area contributed by atoms with E-state index >= 15 is 0 Å². The average molecular weight is 265 g/mol. The van der Waals surface area contributed by atoms with E-state index in [0.717, 1.165) is 26.0 Å². The van der Waals surface area contributed by atoms with E-state index in [1.165, 1.54) is 24.3 Å². The second-order valence-corrected chi connectivity index (χ2v) is 5.12. The van der Waals surface area contributed by atoms with Gasteiger partial charge in [0.05, 0.1) is 12.1 Å². The Morgan fingerprint density at radius 3 is 2.74 bits per heavy atom. The third kappa shape index (κ3) is 3.61. The maximum absolute atomic E-state index is 12.8. The Labute approximate surface area is 113 Å². The van der Waals surface area contributed by atoms with Gasteiger partial charge in [0, 0.05) is 18.7 Å². The van der Waals surface area contributed by atoms with E-state index in [1.54, 1.807) is 0 Å². The molecule has 0 spiro atoms. The summed E-state index contributed by atoms with van der Waals surface area (Å²) in [6.45, 7) is 3.45. The number of rotatable bonds is 5. The fraction of sp³-hybridized carbons (Fsp3) is 0.533. The zero-order valence-electron chi connectivity index (χ0n) is 11.4. The third-order valence-corrected chi connectivity index (χ3v) is 3.68. The van der Waals surface area contributed by atoms with Crippen molar-refractivity contribution in [3.63, 3.8) is 0 Å². The number of hydrogen-bond acceptors (Lipinski definition) is 3. The number of hydrogen-bond donors (Lipinski definition) is 0. The Kier molecular flexibility index (Phi) is 4.66. The monoisotopic (exact) mass is 265 g/mol. The number of ether oxygens (including phenoxy) is 1. The fourth-order valence-electron chi connectivity index (χ4n) is 2.32. The first kappa shape index (κ1) is 14.2. The molecule has 1 aliphatic heterocycles. The van der Waals surface area contributed by atoms with Crippen molar-refractivity contribution in [3.05, 3.63) is 35.6 Å². The highest BCUT2D eigenvalue weighted by Crippen LogP contribution is 2.15. The first-order valence-electron chi connectivity index (χ1n) is 6.69. The number of benzene rings is 1. The van der Waals surface area contributed by atoms with Crippen LogP contribution in [0.15, 0.2) is 24.3 Å². The summed E-state index contributed by atoms with van der Waals surface area (Å²) >= 11 is 0. The van der Waals surface area contributed by atoms with E-state index < -0.39 is 0 Å². The van der Waals surface area contributed by atoms with Gasteiger partial charge in [-0.3, -0.25) is 9.69 Å². The number of Topliss-reactive ketones (excluding diaryl/α,β-unsaturated/α-hetero) is 1. The molecular formula is C15H20FNO2. The third-order valence-electron chi connectivity index (χ3n) is 3.68. The lowest BCUT2D eigenvalue weighted by atomic mass is 10.0. The summed E-state index contributed by atoms with van der Waals surface area (Å²) in [5, 5.41) is 0. The Morgan fingerprint density at radius 2 is 2.16 bits per heavy atom. The van der Waals surface area contributed by atoms with Gasteiger partial charge in [-0.25, -0.2) is 4.39 Å². The minimum Gasteiger partial charge on any atom is -0.377 e. The predicted octanol–water partition coefficient (Wildman–Crippen LogP) is 2.51. The highest BCUT2D eigenvalue weighted by molar-refractivity contribution is 5.99. The van der Waals surface area contributed by atoms with Crippen molar-refractivity contribution in [3.8, 4) is 0 Å². The molecule has 0 aromatic heterocycles. The van der Waals surface area contributed by atoms with E-state index in [1.807, 2.05) is 18.9 Å². The largest absolute Gasteiger partial charge is 0.377 e. The van der Waals surface area contributed by atoms with Crippen LogP contribution in [0.25, 0.3) is 0 Å². The topological polar surface area (TPSA) is 29.5 Å². The SMILES string of the molecule is CC(C(=O)c1ccc(F)cc1)N(C)CC1CCCO1. The molecule has 1 aromatic rings. The summed E-state index contributed by atoms with van der Waals surface area (Å²) in [7, 11) is 1.92. The molecule has 1 heterocycles. The highest BCUT2D eigenvalue weighted by Gasteiger charge is 2.24. The van der Waals surface area contributed by atoms with Crippen LogP contribution < -0.4 is 0 Å². The van der Waals surface area contributed by atoms with Crippen LogP contribution in [0.2, 0.25) is 0 Å². The summed E-state index contributed by atoms with van der Waals surface area (Å²) in [4.78, 5) is 14.3. The van der Waals surface area contributed by atoms with Crippen molar-refractivity contribution in [2.45, 2.75) is 31.9 Å².